The third kappa shape index (κ3) is 9.12. The second-order valence-corrected chi connectivity index (χ2v) is 14.4. The van der Waals surface area contributed by atoms with Crippen LogP contribution in [0.2, 0.25) is 0 Å². The van der Waals surface area contributed by atoms with Crippen LogP contribution in [-0.4, -0.2) is 15.0 Å². The molecule has 0 N–H and O–H groups in total. The second-order valence-electron chi connectivity index (χ2n) is 14.4. The van der Waals surface area contributed by atoms with Crippen molar-refractivity contribution in [3.8, 4) is 0 Å². The van der Waals surface area contributed by atoms with Crippen molar-refractivity contribution in [3.63, 3.8) is 0 Å². The topological polar surface area (TPSA) is 38.7 Å². The van der Waals surface area contributed by atoms with Gasteiger partial charge in [-0.05, 0) is 72.8 Å². The number of aromatic nitrogens is 3. The number of benzene rings is 3. The summed E-state index contributed by atoms with van der Waals surface area (Å²) in [5.41, 5.74) is 4.88. The van der Waals surface area contributed by atoms with E-state index in [9.17, 15) is 17.6 Å². The van der Waals surface area contributed by atoms with Crippen LogP contribution in [0, 0.1) is 23.3 Å². The van der Waals surface area contributed by atoms with Gasteiger partial charge < -0.3 is 0 Å². The van der Waals surface area contributed by atoms with Crippen LogP contribution in [0.3, 0.4) is 0 Å². The SMILES string of the molecule is C.CC(C)(C)c1ccc2c(F)c(F)ccc2n1.CC(C)(C)c1ccc2c(F)cccc2n1.CC(C)(C)c1ccc2cc(F)ccc2n1. The van der Waals surface area contributed by atoms with Crippen LogP contribution in [0.25, 0.3) is 32.7 Å². The zero-order valence-electron chi connectivity index (χ0n) is 27.9. The third-order valence-electron chi connectivity index (χ3n) is 7.39. The highest BCUT2D eigenvalue weighted by Crippen LogP contribution is 2.26. The van der Waals surface area contributed by atoms with Crippen LogP contribution in [0.5, 0.6) is 0 Å². The first-order chi connectivity index (χ1) is 21.3. The monoisotopic (exact) mass is 643 g/mol. The Morgan fingerprint density at radius 1 is 0.447 bits per heavy atom. The first-order valence-corrected chi connectivity index (χ1v) is 15.2. The Kier molecular flexibility index (Phi) is 11.2. The van der Waals surface area contributed by atoms with Gasteiger partial charge in [0.2, 0.25) is 0 Å². The summed E-state index contributed by atoms with van der Waals surface area (Å²) < 4.78 is 52.7. The molecule has 0 aliphatic heterocycles. The fraction of sp³-hybridized carbons (Fsp3) is 0.325. The summed E-state index contributed by atoms with van der Waals surface area (Å²) in [5, 5.41) is 1.67. The molecule has 6 rings (SSSR count). The Labute approximate surface area is 276 Å². The predicted molar refractivity (Wildman–Crippen MR) is 188 cm³/mol. The fourth-order valence-electron chi connectivity index (χ4n) is 4.61. The highest BCUT2D eigenvalue weighted by molar-refractivity contribution is 5.80. The first-order valence-electron chi connectivity index (χ1n) is 15.2. The maximum Gasteiger partial charge on any atom is 0.168 e. The van der Waals surface area contributed by atoms with Gasteiger partial charge in [0.1, 0.15) is 11.6 Å². The molecule has 0 fully saturated rings. The molecule has 0 aliphatic rings. The zero-order chi connectivity index (χ0) is 34.0. The minimum absolute atomic E-state index is 0. The quantitative estimate of drug-likeness (QED) is 0.155. The lowest BCUT2D eigenvalue weighted by Gasteiger charge is -2.18. The standard InChI is InChI=1S/C13H13F2N.2C13H14FN.CH4/c1-13(2,3)11-7-4-8-10(16-11)6-5-9(14)12(8)15;1-13(2,3)12-7-4-9-8-10(14)5-6-11(9)15-12;1-13(2,3)12-8-7-9-10(14)5-4-6-11(9)15-12;/h4-7H,1-3H3;2*4-8H,1-3H3;1H4. The van der Waals surface area contributed by atoms with Crippen LogP contribution >= 0.6 is 0 Å². The normalized spacial score (nSPS) is 11.8. The molecule has 0 amide bonds. The van der Waals surface area contributed by atoms with Crippen molar-refractivity contribution in [3.05, 3.63) is 125 Å². The molecule has 47 heavy (non-hydrogen) atoms. The van der Waals surface area contributed by atoms with Gasteiger partial charge in [0, 0.05) is 49.5 Å². The smallest absolute Gasteiger partial charge is 0.168 e. The van der Waals surface area contributed by atoms with Crippen LogP contribution in [-0.2, 0) is 16.2 Å². The van der Waals surface area contributed by atoms with Crippen LogP contribution in [0.15, 0.2) is 84.9 Å². The molecule has 3 nitrogen and oxygen atoms in total. The molecule has 0 aliphatic carbocycles. The molecule has 0 atom stereocenters. The first kappa shape index (κ1) is 37.1. The Morgan fingerprint density at radius 3 is 1.47 bits per heavy atom. The van der Waals surface area contributed by atoms with Gasteiger partial charge in [-0.15, -0.1) is 0 Å². The van der Waals surface area contributed by atoms with Crippen molar-refractivity contribution in [1.82, 2.24) is 15.0 Å². The van der Waals surface area contributed by atoms with E-state index in [1.807, 2.05) is 45.0 Å². The van der Waals surface area contributed by atoms with E-state index >= 15 is 0 Å². The Bertz CT molecular complexity index is 2000. The zero-order valence-corrected chi connectivity index (χ0v) is 27.9. The second kappa shape index (κ2) is 14.2. The van der Waals surface area contributed by atoms with Gasteiger partial charge in [-0.2, -0.15) is 0 Å². The molecule has 3 aromatic carbocycles. The summed E-state index contributed by atoms with van der Waals surface area (Å²) >= 11 is 0. The Hall–Kier alpha value is -4.39. The summed E-state index contributed by atoms with van der Waals surface area (Å²) in [7, 11) is 0. The molecule has 0 saturated carbocycles. The number of hydrogen-bond acceptors (Lipinski definition) is 3. The van der Waals surface area contributed by atoms with E-state index in [0.717, 1.165) is 39.6 Å². The largest absolute Gasteiger partial charge is 0.252 e. The Balaban J connectivity index is 0.000000190. The van der Waals surface area contributed by atoms with Gasteiger partial charge in [-0.25, -0.2) is 17.6 Å². The third-order valence-corrected chi connectivity index (χ3v) is 7.39. The molecule has 0 spiro atoms. The molecule has 6 aromatic rings. The highest BCUT2D eigenvalue weighted by atomic mass is 19.2. The van der Waals surface area contributed by atoms with E-state index in [4.69, 9.17) is 0 Å². The van der Waals surface area contributed by atoms with Gasteiger partial charge in [0.15, 0.2) is 11.6 Å². The number of nitrogens with zero attached hydrogens (tertiary/aromatic N) is 3. The van der Waals surface area contributed by atoms with Gasteiger partial charge in [0.25, 0.3) is 0 Å². The average Bonchev–Trinajstić information content (AvgIpc) is 2.98. The summed E-state index contributed by atoms with van der Waals surface area (Å²) in [5.74, 6) is -2.09. The molecule has 3 heterocycles. The van der Waals surface area contributed by atoms with Crippen molar-refractivity contribution >= 4 is 32.7 Å². The summed E-state index contributed by atoms with van der Waals surface area (Å²) in [6, 6.07) is 23.2. The lowest BCUT2D eigenvalue weighted by atomic mass is 9.91. The maximum atomic E-state index is 13.4. The minimum atomic E-state index is -0.835. The van der Waals surface area contributed by atoms with Crippen LogP contribution < -0.4 is 0 Å². The van der Waals surface area contributed by atoms with Gasteiger partial charge in [-0.3, -0.25) is 15.0 Å². The summed E-state index contributed by atoms with van der Waals surface area (Å²) in [4.78, 5) is 13.3. The highest BCUT2D eigenvalue weighted by Gasteiger charge is 2.18. The van der Waals surface area contributed by atoms with Crippen LogP contribution in [0.4, 0.5) is 17.6 Å². The summed E-state index contributed by atoms with van der Waals surface area (Å²) in [6.45, 7) is 18.7. The molecule has 248 valence electrons. The average molecular weight is 644 g/mol. The number of pyridine rings is 3. The molecule has 0 unspecified atom stereocenters. The molecular formula is C40H45F4N3. The van der Waals surface area contributed by atoms with Gasteiger partial charge >= 0.3 is 0 Å². The van der Waals surface area contributed by atoms with Gasteiger partial charge in [0.05, 0.1) is 16.6 Å². The molecule has 0 bridgehead atoms. The number of hydrogen-bond donors (Lipinski definition) is 0. The molecule has 0 saturated heterocycles. The molecule has 7 heteroatoms. The fourth-order valence-corrected chi connectivity index (χ4v) is 4.61. The lowest BCUT2D eigenvalue weighted by Crippen LogP contribution is -2.13. The van der Waals surface area contributed by atoms with Crippen molar-refractivity contribution < 1.29 is 17.6 Å². The van der Waals surface area contributed by atoms with E-state index in [2.05, 4.69) is 56.5 Å². The Morgan fingerprint density at radius 2 is 0.915 bits per heavy atom. The molecular weight excluding hydrogens is 598 g/mol. The van der Waals surface area contributed by atoms with Crippen LogP contribution in [0.1, 0.15) is 86.8 Å². The molecule has 0 radical (unpaired) electrons. The lowest BCUT2D eigenvalue weighted by molar-refractivity contribution is 0.516. The predicted octanol–water partition coefficient (Wildman–Crippen LogP) is 11.8. The van der Waals surface area contributed by atoms with Crippen molar-refractivity contribution in [1.29, 1.82) is 0 Å². The van der Waals surface area contributed by atoms with Crippen molar-refractivity contribution in [2.24, 2.45) is 0 Å². The molecule has 3 aromatic heterocycles. The van der Waals surface area contributed by atoms with E-state index in [1.54, 1.807) is 30.3 Å². The van der Waals surface area contributed by atoms with E-state index < -0.39 is 11.6 Å². The van der Waals surface area contributed by atoms with E-state index in [-0.39, 0.29) is 40.7 Å². The minimum Gasteiger partial charge on any atom is -0.252 e. The van der Waals surface area contributed by atoms with Crippen molar-refractivity contribution in [2.45, 2.75) is 86.0 Å². The number of rotatable bonds is 0. The van der Waals surface area contributed by atoms with E-state index in [0.29, 0.717) is 10.9 Å². The summed E-state index contributed by atoms with van der Waals surface area (Å²) in [6.07, 6.45) is 0. The number of fused-ring (bicyclic) bond motifs is 3. The van der Waals surface area contributed by atoms with Crippen molar-refractivity contribution in [2.75, 3.05) is 0 Å². The van der Waals surface area contributed by atoms with Gasteiger partial charge in [-0.1, -0.05) is 81.9 Å². The maximum absolute atomic E-state index is 13.4. The number of halogens is 4. The van der Waals surface area contributed by atoms with E-state index in [1.165, 1.54) is 24.3 Å².